The molecule has 0 rings (SSSR count). The zero-order chi connectivity index (χ0) is 12.9. The number of aliphatic hydroxyl groups is 2. The Morgan fingerprint density at radius 1 is 1.44 bits per heavy atom. The summed E-state index contributed by atoms with van der Waals surface area (Å²) >= 11 is 0. The van der Waals surface area contributed by atoms with E-state index in [0.717, 1.165) is 0 Å². The second kappa shape index (κ2) is 5.73. The molecule has 0 spiro atoms. The van der Waals surface area contributed by atoms with Gasteiger partial charge in [0.25, 0.3) is 0 Å². The topological polar surface area (TPSA) is 78.8 Å². The molecule has 16 heavy (non-hydrogen) atoms. The van der Waals surface area contributed by atoms with Crippen molar-refractivity contribution in [2.75, 3.05) is 0 Å². The van der Waals surface area contributed by atoms with Gasteiger partial charge < -0.3 is 20.3 Å². The van der Waals surface area contributed by atoms with Crippen LogP contribution in [0.2, 0.25) is 0 Å². The van der Waals surface area contributed by atoms with Crippen LogP contribution in [0.4, 0.5) is 4.79 Å². The number of hydrogen-bond donors (Lipinski definition) is 3. The summed E-state index contributed by atoms with van der Waals surface area (Å²) < 4.78 is 4.97. The van der Waals surface area contributed by atoms with Gasteiger partial charge in [-0.05, 0) is 27.7 Å². The van der Waals surface area contributed by atoms with Crippen molar-refractivity contribution in [2.45, 2.75) is 51.5 Å². The van der Waals surface area contributed by atoms with Gasteiger partial charge in [-0.1, -0.05) is 5.92 Å². The summed E-state index contributed by atoms with van der Waals surface area (Å²) in [6.07, 6.45) is 2.05. The van der Waals surface area contributed by atoms with Crippen molar-refractivity contribution in [3.05, 3.63) is 0 Å². The first-order valence-corrected chi connectivity index (χ1v) is 4.99. The first kappa shape index (κ1) is 14.8. The number of hydrogen-bond acceptors (Lipinski definition) is 4. The van der Waals surface area contributed by atoms with Crippen LogP contribution in [0, 0.1) is 12.3 Å². The Morgan fingerprint density at radius 2 is 1.94 bits per heavy atom. The Hall–Kier alpha value is -1.25. The highest BCUT2D eigenvalue weighted by Gasteiger charge is 2.26. The molecular weight excluding hydrogens is 210 g/mol. The third-order valence-electron chi connectivity index (χ3n) is 1.71. The number of rotatable bonds is 3. The van der Waals surface area contributed by atoms with Crippen LogP contribution in [0.1, 0.15) is 27.7 Å². The molecule has 0 saturated carbocycles. The highest BCUT2D eigenvalue weighted by Crippen LogP contribution is 2.08. The lowest BCUT2D eigenvalue weighted by molar-refractivity contribution is 0.0305. The minimum absolute atomic E-state index is 0.644. The highest BCUT2D eigenvalue weighted by atomic mass is 16.6. The van der Waals surface area contributed by atoms with E-state index in [9.17, 15) is 15.0 Å². The normalized spacial score (nSPS) is 16.8. The zero-order valence-electron chi connectivity index (χ0n) is 10.0. The number of aliphatic hydroxyl groups excluding tert-OH is 2. The van der Waals surface area contributed by atoms with Gasteiger partial charge in [-0.15, -0.1) is 6.42 Å². The molecule has 3 atom stereocenters. The number of terminal acetylenes is 1. The zero-order valence-corrected chi connectivity index (χ0v) is 10.0. The molecule has 0 bridgehead atoms. The van der Waals surface area contributed by atoms with E-state index >= 15 is 0 Å². The molecule has 0 aromatic carbocycles. The van der Waals surface area contributed by atoms with Crippen LogP contribution >= 0.6 is 0 Å². The number of carbonyl (C=O) groups excluding carboxylic acids is 1. The molecule has 0 aliphatic heterocycles. The summed E-state index contributed by atoms with van der Waals surface area (Å²) in [5.41, 5.74) is -0.644. The van der Waals surface area contributed by atoms with Gasteiger partial charge in [-0.25, -0.2) is 4.79 Å². The molecule has 0 saturated heterocycles. The van der Waals surface area contributed by atoms with E-state index < -0.39 is 29.9 Å². The van der Waals surface area contributed by atoms with Crippen LogP contribution in [0.3, 0.4) is 0 Å². The first-order valence-electron chi connectivity index (χ1n) is 4.99. The van der Waals surface area contributed by atoms with Crippen molar-refractivity contribution in [2.24, 2.45) is 0 Å². The maximum Gasteiger partial charge on any atom is 0.408 e. The second-order valence-corrected chi connectivity index (χ2v) is 4.52. The SMILES string of the molecule is C#CC(O)C(NC(=O)OC(C)(C)C)C(C)O. The van der Waals surface area contributed by atoms with Crippen LogP contribution < -0.4 is 5.32 Å². The number of nitrogens with one attached hydrogen (secondary N) is 1. The van der Waals surface area contributed by atoms with Crippen LogP contribution in [0.5, 0.6) is 0 Å². The average Bonchev–Trinajstić information content (AvgIpc) is 2.09. The minimum atomic E-state index is -1.26. The lowest BCUT2D eigenvalue weighted by Crippen LogP contribution is -2.50. The molecular formula is C11H19NO4. The van der Waals surface area contributed by atoms with Gasteiger partial charge in [0, 0.05) is 0 Å². The van der Waals surface area contributed by atoms with Gasteiger partial charge in [-0.3, -0.25) is 0 Å². The van der Waals surface area contributed by atoms with E-state index in [1.54, 1.807) is 20.8 Å². The van der Waals surface area contributed by atoms with E-state index in [-0.39, 0.29) is 0 Å². The van der Waals surface area contributed by atoms with Crippen LogP contribution in [-0.4, -0.2) is 40.2 Å². The Balaban J connectivity index is 4.43. The van der Waals surface area contributed by atoms with Crippen molar-refractivity contribution in [3.63, 3.8) is 0 Å². The monoisotopic (exact) mass is 229 g/mol. The lowest BCUT2D eigenvalue weighted by Gasteiger charge is -2.26. The summed E-state index contributed by atoms with van der Waals surface area (Å²) in [4.78, 5) is 11.4. The third kappa shape index (κ3) is 5.59. The van der Waals surface area contributed by atoms with E-state index in [1.165, 1.54) is 6.92 Å². The molecule has 0 aromatic heterocycles. The maximum atomic E-state index is 11.4. The number of amides is 1. The van der Waals surface area contributed by atoms with Gasteiger partial charge in [0.1, 0.15) is 11.7 Å². The molecule has 0 aliphatic rings. The fourth-order valence-electron chi connectivity index (χ4n) is 1.01. The summed E-state index contributed by atoms with van der Waals surface area (Å²) in [6, 6.07) is -0.945. The van der Waals surface area contributed by atoms with E-state index in [4.69, 9.17) is 11.2 Å². The maximum absolute atomic E-state index is 11.4. The predicted octanol–water partition coefficient (Wildman–Crippen LogP) is 0.255. The predicted molar refractivity (Wildman–Crippen MR) is 59.7 cm³/mol. The molecule has 0 aliphatic carbocycles. The van der Waals surface area contributed by atoms with Crippen molar-refractivity contribution < 1.29 is 19.7 Å². The van der Waals surface area contributed by atoms with Crippen molar-refractivity contribution in [1.29, 1.82) is 0 Å². The molecule has 0 heterocycles. The van der Waals surface area contributed by atoms with Gasteiger partial charge in [0.15, 0.2) is 0 Å². The molecule has 5 nitrogen and oxygen atoms in total. The van der Waals surface area contributed by atoms with E-state index in [2.05, 4.69) is 5.32 Å². The Bertz CT molecular complexity index is 275. The minimum Gasteiger partial charge on any atom is -0.444 e. The lowest BCUT2D eigenvalue weighted by atomic mass is 10.1. The molecule has 3 unspecified atom stereocenters. The average molecular weight is 229 g/mol. The molecule has 92 valence electrons. The summed E-state index contributed by atoms with van der Waals surface area (Å²) in [5.74, 6) is 2.04. The summed E-state index contributed by atoms with van der Waals surface area (Å²) in [6.45, 7) is 6.55. The van der Waals surface area contributed by atoms with Crippen LogP contribution in [0.15, 0.2) is 0 Å². The molecule has 0 radical (unpaired) electrons. The molecule has 0 aromatic rings. The fourth-order valence-corrected chi connectivity index (χ4v) is 1.01. The second-order valence-electron chi connectivity index (χ2n) is 4.52. The number of alkyl carbamates (subject to hydrolysis) is 1. The van der Waals surface area contributed by atoms with E-state index in [0.29, 0.717) is 0 Å². The quantitative estimate of drug-likeness (QED) is 0.606. The van der Waals surface area contributed by atoms with Crippen molar-refractivity contribution in [1.82, 2.24) is 5.32 Å². The van der Waals surface area contributed by atoms with Crippen molar-refractivity contribution >= 4 is 6.09 Å². The van der Waals surface area contributed by atoms with Gasteiger partial charge >= 0.3 is 6.09 Å². The molecule has 5 heteroatoms. The van der Waals surface area contributed by atoms with E-state index in [1.807, 2.05) is 5.92 Å². The Kier molecular flexibility index (Phi) is 5.28. The fraction of sp³-hybridized carbons (Fsp3) is 0.727. The molecule has 1 amide bonds. The Morgan fingerprint density at radius 3 is 2.25 bits per heavy atom. The summed E-state index contributed by atoms with van der Waals surface area (Å²) in [7, 11) is 0. The highest BCUT2D eigenvalue weighted by molar-refractivity contribution is 5.68. The number of ether oxygens (including phenoxy) is 1. The standard InChI is InChI=1S/C11H19NO4/c1-6-8(14)9(7(2)13)12-10(15)16-11(3,4)5/h1,7-9,13-14H,2-5H3,(H,12,15). The van der Waals surface area contributed by atoms with Crippen molar-refractivity contribution in [3.8, 4) is 12.3 Å². The van der Waals surface area contributed by atoms with Gasteiger partial charge in [-0.2, -0.15) is 0 Å². The van der Waals surface area contributed by atoms with Crippen LogP contribution in [0.25, 0.3) is 0 Å². The third-order valence-corrected chi connectivity index (χ3v) is 1.71. The molecule has 3 N–H and O–H groups in total. The molecule has 0 fully saturated rings. The van der Waals surface area contributed by atoms with Gasteiger partial charge in [0.05, 0.1) is 12.1 Å². The summed E-state index contributed by atoms with van der Waals surface area (Å²) in [5, 5.41) is 21.0. The van der Waals surface area contributed by atoms with Gasteiger partial charge in [0.2, 0.25) is 0 Å². The largest absolute Gasteiger partial charge is 0.444 e. The van der Waals surface area contributed by atoms with Crippen LogP contribution in [-0.2, 0) is 4.74 Å². The Labute approximate surface area is 95.8 Å². The smallest absolute Gasteiger partial charge is 0.408 e. The first-order chi connectivity index (χ1) is 7.17. The number of carbonyl (C=O) groups is 1.